The number of carbonyl (C=O) groups excluding carboxylic acids is 1. The van der Waals surface area contributed by atoms with E-state index < -0.39 is 0 Å². The van der Waals surface area contributed by atoms with Gasteiger partial charge in [0.2, 0.25) is 0 Å². The summed E-state index contributed by atoms with van der Waals surface area (Å²) in [5, 5.41) is 0. The molecule has 100 valence electrons. The molecule has 0 heterocycles. The molecule has 0 saturated heterocycles. The normalized spacial score (nSPS) is 10.2. The van der Waals surface area contributed by atoms with Gasteiger partial charge in [-0.2, -0.15) is 0 Å². The molecule has 1 aromatic rings. The number of nitrogens with zero attached hydrogens (tertiary/aromatic N) is 2. The number of ether oxygens (including phenoxy) is 1. The predicted molar refractivity (Wildman–Crippen MR) is 74.0 cm³/mol. The summed E-state index contributed by atoms with van der Waals surface area (Å²) in [5.74, 6) is -0.0518. The molecule has 0 spiro atoms. The first-order valence-electron chi connectivity index (χ1n) is 5.78. The third-order valence-electron chi connectivity index (χ3n) is 2.73. The van der Waals surface area contributed by atoms with Crippen LogP contribution in [-0.2, 0) is 4.74 Å². The van der Waals surface area contributed by atoms with Gasteiger partial charge in [0, 0.05) is 40.4 Å². The maximum Gasteiger partial charge on any atom is 0.253 e. The van der Waals surface area contributed by atoms with Crippen molar-refractivity contribution in [2.75, 3.05) is 52.0 Å². The van der Waals surface area contributed by atoms with E-state index in [2.05, 4.69) is 0 Å². The predicted octanol–water partition coefficient (Wildman–Crippen LogP) is 1.05. The number of hydrogen-bond donors (Lipinski definition) is 1. The minimum absolute atomic E-state index is 0.0518. The highest BCUT2D eigenvalue weighted by Crippen LogP contribution is 2.22. The first-order valence-corrected chi connectivity index (χ1v) is 5.78. The van der Waals surface area contributed by atoms with Crippen LogP contribution in [0.25, 0.3) is 0 Å². The van der Waals surface area contributed by atoms with E-state index in [4.69, 9.17) is 10.5 Å². The second-order valence-corrected chi connectivity index (χ2v) is 4.39. The Morgan fingerprint density at radius 3 is 2.50 bits per heavy atom. The molecule has 1 aromatic carbocycles. The van der Waals surface area contributed by atoms with Crippen LogP contribution in [0.5, 0.6) is 0 Å². The van der Waals surface area contributed by atoms with Gasteiger partial charge in [0.05, 0.1) is 18.0 Å². The maximum atomic E-state index is 12.1. The topological polar surface area (TPSA) is 58.8 Å². The van der Waals surface area contributed by atoms with Crippen LogP contribution in [0.2, 0.25) is 0 Å². The van der Waals surface area contributed by atoms with E-state index >= 15 is 0 Å². The van der Waals surface area contributed by atoms with E-state index in [1.165, 1.54) is 0 Å². The Bertz CT molecular complexity index is 419. The standard InChI is InChI=1S/C13H21N3O2/c1-15(2)12-6-5-10(9-11(12)14)13(17)16(3)7-8-18-4/h5-6,9H,7-8,14H2,1-4H3. The molecule has 0 fully saturated rings. The van der Waals surface area contributed by atoms with Crippen LogP contribution >= 0.6 is 0 Å². The summed E-state index contributed by atoms with van der Waals surface area (Å²) in [4.78, 5) is 15.6. The lowest BCUT2D eigenvalue weighted by atomic mass is 10.1. The average Bonchev–Trinajstić information content (AvgIpc) is 2.34. The zero-order valence-electron chi connectivity index (χ0n) is 11.4. The fourth-order valence-corrected chi connectivity index (χ4v) is 1.64. The largest absolute Gasteiger partial charge is 0.397 e. The highest BCUT2D eigenvalue weighted by molar-refractivity contribution is 5.96. The number of benzene rings is 1. The summed E-state index contributed by atoms with van der Waals surface area (Å²) in [7, 11) is 7.19. The highest BCUT2D eigenvalue weighted by atomic mass is 16.5. The highest BCUT2D eigenvalue weighted by Gasteiger charge is 2.13. The molecule has 1 rings (SSSR count). The van der Waals surface area contributed by atoms with E-state index in [1.54, 1.807) is 31.2 Å². The molecular formula is C13H21N3O2. The van der Waals surface area contributed by atoms with E-state index in [0.717, 1.165) is 5.69 Å². The molecule has 1 amide bonds. The number of rotatable bonds is 5. The third-order valence-corrected chi connectivity index (χ3v) is 2.73. The van der Waals surface area contributed by atoms with Gasteiger partial charge in [0.15, 0.2) is 0 Å². The number of carbonyl (C=O) groups is 1. The number of hydrogen-bond acceptors (Lipinski definition) is 4. The van der Waals surface area contributed by atoms with E-state index in [9.17, 15) is 4.79 Å². The minimum Gasteiger partial charge on any atom is -0.397 e. The van der Waals surface area contributed by atoms with Crippen molar-refractivity contribution in [3.05, 3.63) is 23.8 Å². The van der Waals surface area contributed by atoms with Crippen LogP contribution < -0.4 is 10.6 Å². The fourth-order valence-electron chi connectivity index (χ4n) is 1.64. The van der Waals surface area contributed by atoms with Crippen molar-refractivity contribution in [1.82, 2.24) is 4.90 Å². The lowest BCUT2D eigenvalue weighted by Crippen LogP contribution is -2.30. The molecular weight excluding hydrogens is 230 g/mol. The number of likely N-dealkylation sites (N-methyl/N-ethyl adjacent to an activating group) is 1. The quantitative estimate of drug-likeness (QED) is 0.795. The molecule has 0 radical (unpaired) electrons. The van der Waals surface area contributed by atoms with Gasteiger partial charge < -0.3 is 20.3 Å². The monoisotopic (exact) mass is 251 g/mol. The van der Waals surface area contributed by atoms with Gasteiger partial charge in [-0.1, -0.05) is 0 Å². The summed E-state index contributed by atoms with van der Waals surface area (Å²) in [6, 6.07) is 5.35. The molecule has 0 bridgehead atoms. The number of anilines is 2. The first kappa shape index (κ1) is 14.3. The summed E-state index contributed by atoms with van der Waals surface area (Å²) in [6.45, 7) is 1.08. The smallest absolute Gasteiger partial charge is 0.253 e. The van der Waals surface area contributed by atoms with E-state index in [0.29, 0.717) is 24.4 Å². The van der Waals surface area contributed by atoms with Crippen molar-refractivity contribution >= 4 is 17.3 Å². The van der Waals surface area contributed by atoms with Crippen LogP contribution in [0, 0.1) is 0 Å². The zero-order chi connectivity index (χ0) is 13.7. The molecule has 2 N–H and O–H groups in total. The Morgan fingerprint density at radius 2 is 2.00 bits per heavy atom. The van der Waals surface area contributed by atoms with Gasteiger partial charge in [0.1, 0.15) is 0 Å². The summed E-state index contributed by atoms with van der Waals surface area (Å²) >= 11 is 0. The molecule has 5 nitrogen and oxygen atoms in total. The Hall–Kier alpha value is -1.75. The number of nitrogen functional groups attached to an aromatic ring is 1. The number of methoxy groups -OCH3 is 1. The minimum atomic E-state index is -0.0518. The van der Waals surface area contributed by atoms with Gasteiger partial charge in [-0.05, 0) is 18.2 Å². The van der Waals surface area contributed by atoms with E-state index in [-0.39, 0.29) is 5.91 Å². The summed E-state index contributed by atoms with van der Waals surface area (Å²) in [5.41, 5.74) is 8.03. The van der Waals surface area contributed by atoms with E-state index in [1.807, 2.05) is 25.1 Å². The Kier molecular flexibility index (Phi) is 4.97. The molecule has 0 atom stereocenters. The molecule has 18 heavy (non-hydrogen) atoms. The molecule has 5 heteroatoms. The molecule has 0 saturated carbocycles. The molecule has 0 aromatic heterocycles. The van der Waals surface area contributed by atoms with Crippen LogP contribution in [0.3, 0.4) is 0 Å². The van der Waals surface area contributed by atoms with Crippen molar-refractivity contribution in [3.63, 3.8) is 0 Å². The SMILES string of the molecule is COCCN(C)C(=O)c1ccc(N(C)C)c(N)c1. The summed E-state index contributed by atoms with van der Waals surface area (Å²) in [6.07, 6.45) is 0. The molecule has 0 unspecified atom stereocenters. The number of amides is 1. The third kappa shape index (κ3) is 3.37. The lowest BCUT2D eigenvalue weighted by Gasteiger charge is -2.19. The van der Waals surface area contributed by atoms with Gasteiger partial charge in [-0.15, -0.1) is 0 Å². The van der Waals surface area contributed by atoms with Gasteiger partial charge in [-0.25, -0.2) is 0 Å². The second-order valence-electron chi connectivity index (χ2n) is 4.39. The Balaban J connectivity index is 2.84. The first-order chi connectivity index (χ1) is 8.47. The van der Waals surface area contributed by atoms with Gasteiger partial charge in [-0.3, -0.25) is 4.79 Å². The molecule has 0 aliphatic carbocycles. The van der Waals surface area contributed by atoms with Crippen molar-refractivity contribution < 1.29 is 9.53 Å². The van der Waals surface area contributed by atoms with Crippen molar-refractivity contribution in [2.24, 2.45) is 0 Å². The maximum absolute atomic E-state index is 12.1. The second kappa shape index (κ2) is 6.26. The van der Waals surface area contributed by atoms with Crippen molar-refractivity contribution in [3.8, 4) is 0 Å². The van der Waals surface area contributed by atoms with Gasteiger partial charge >= 0.3 is 0 Å². The average molecular weight is 251 g/mol. The van der Waals surface area contributed by atoms with Crippen molar-refractivity contribution in [2.45, 2.75) is 0 Å². The fraction of sp³-hybridized carbons (Fsp3) is 0.462. The Morgan fingerprint density at radius 1 is 1.33 bits per heavy atom. The van der Waals surface area contributed by atoms with Crippen molar-refractivity contribution in [1.29, 1.82) is 0 Å². The van der Waals surface area contributed by atoms with Crippen LogP contribution in [0.1, 0.15) is 10.4 Å². The lowest BCUT2D eigenvalue weighted by molar-refractivity contribution is 0.0744. The Labute approximate surface area is 108 Å². The van der Waals surface area contributed by atoms with Crippen LogP contribution in [0.15, 0.2) is 18.2 Å². The molecule has 0 aliphatic heterocycles. The molecule has 0 aliphatic rings. The van der Waals surface area contributed by atoms with Gasteiger partial charge in [0.25, 0.3) is 5.91 Å². The van der Waals surface area contributed by atoms with Crippen LogP contribution in [0.4, 0.5) is 11.4 Å². The summed E-state index contributed by atoms with van der Waals surface area (Å²) < 4.78 is 4.95. The number of nitrogens with two attached hydrogens (primary N) is 1. The zero-order valence-corrected chi connectivity index (χ0v) is 11.4. The van der Waals surface area contributed by atoms with Crippen LogP contribution in [-0.4, -0.2) is 52.2 Å².